The zero-order valence-corrected chi connectivity index (χ0v) is 11.4. The van der Waals surface area contributed by atoms with Gasteiger partial charge in [0.05, 0.1) is 6.54 Å². The maximum Gasteiger partial charge on any atom is 0.236 e. The highest BCUT2D eigenvalue weighted by atomic mass is 32.1. The van der Waals surface area contributed by atoms with Crippen LogP contribution < -0.4 is 5.32 Å². The fourth-order valence-corrected chi connectivity index (χ4v) is 4.51. The average molecular weight is 287 g/mol. The van der Waals surface area contributed by atoms with Crippen LogP contribution in [0, 0.1) is 0 Å². The molecule has 1 aliphatic heterocycles. The summed E-state index contributed by atoms with van der Waals surface area (Å²) >= 11 is 3.25. The van der Waals surface area contributed by atoms with Gasteiger partial charge in [-0.15, -0.1) is 22.7 Å². The molecule has 94 valence electrons. The molecule has 0 bridgehead atoms. The zero-order valence-electron chi connectivity index (χ0n) is 9.80. The lowest BCUT2D eigenvalue weighted by Gasteiger charge is -1.99. The highest BCUT2D eigenvalue weighted by Gasteiger charge is 2.35. The first-order valence-electron chi connectivity index (χ1n) is 5.93. The number of benzene rings is 1. The molecule has 4 rings (SSSR count). The summed E-state index contributed by atoms with van der Waals surface area (Å²) in [5, 5.41) is 7.01. The molecule has 1 N–H and O–H groups in total. The van der Waals surface area contributed by atoms with Gasteiger partial charge in [-0.2, -0.15) is 0 Å². The van der Waals surface area contributed by atoms with Crippen LogP contribution in [0.5, 0.6) is 0 Å². The number of nitrogens with one attached hydrogen (secondary N) is 1. The molecule has 3 heterocycles. The van der Waals surface area contributed by atoms with E-state index >= 15 is 0 Å². The minimum atomic E-state index is -0.601. The lowest BCUT2D eigenvalue weighted by atomic mass is 10.0. The zero-order chi connectivity index (χ0) is 13.0. The van der Waals surface area contributed by atoms with Crippen LogP contribution in [-0.2, 0) is 9.59 Å². The van der Waals surface area contributed by atoms with Gasteiger partial charge in [-0.05, 0) is 40.4 Å². The molecule has 0 saturated carbocycles. The molecular formula is C14H9NO2S2. The van der Waals surface area contributed by atoms with Crippen molar-refractivity contribution >= 4 is 54.5 Å². The van der Waals surface area contributed by atoms with Crippen LogP contribution in [-0.4, -0.2) is 18.2 Å². The van der Waals surface area contributed by atoms with Crippen LogP contribution in [0.25, 0.3) is 20.2 Å². The number of rotatable bonds is 1. The van der Waals surface area contributed by atoms with Crippen molar-refractivity contribution in [1.29, 1.82) is 0 Å². The van der Waals surface area contributed by atoms with E-state index in [0.29, 0.717) is 0 Å². The van der Waals surface area contributed by atoms with Crippen LogP contribution >= 0.6 is 22.7 Å². The van der Waals surface area contributed by atoms with Gasteiger partial charge in [0.15, 0.2) is 5.78 Å². The monoisotopic (exact) mass is 287 g/mol. The normalized spacial score (nSPS) is 19.5. The quantitative estimate of drug-likeness (QED) is 0.700. The Kier molecular flexibility index (Phi) is 2.28. The average Bonchev–Trinajstić information content (AvgIpc) is 3.04. The highest BCUT2D eigenvalue weighted by Crippen LogP contribution is 2.36. The molecule has 0 radical (unpaired) electrons. The first-order valence-corrected chi connectivity index (χ1v) is 7.63. The number of carbonyl (C=O) groups excluding carboxylic acids is 2. The molecule has 0 aliphatic carbocycles. The number of hydrogen-bond donors (Lipinski definition) is 1. The lowest BCUT2D eigenvalue weighted by Crippen LogP contribution is -2.17. The number of ketones is 1. The van der Waals surface area contributed by atoms with Crippen molar-refractivity contribution in [3.63, 3.8) is 0 Å². The molecular weight excluding hydrogens is 278 g/mol. The van der Waals surface area contributed by atoms with Gasteiger partial charge in [0, 0.05) is 14.3 Å². The predicted octanol–water partition coefficient (Wildman–Crippen LogP) is 2.90. The van der Waals surface area contributed by atoms with Crippen molar-refractivity contribution in [3.8, 4) is 0 Å². The predicted molar refractivity (Wildman–Crippen MR) is 78.0 cm³/mol. The number of fused-ring (bicyclic) bond motifs is 2. The molecule has 1 fully saturated rings. The summed E-state index contributed by atoms with van der Waals surface area (Å²) in [4.78, 5) is 24.3. The van der Waals surface area contributed by atoms with E-state index in [1.165, 1.54) is 10.1 Å². The lowest BCUT2D eigenvalue weighted by molar-refractivity contribution is -0.124. The van der Waals surface area contributed by atoms with Crippen molar-refractivity contribution in [2.24, 2.45) is 0 Å². The van der Waals surface area contributed by atoms with Gasteiger partial charge in [0.2, 0.25) is 5.91 Å². The van der Waals surface area contributed by atoms with E-state index in [-0.39, 0.29) is 18.2 Å². The van der Waals surface area contributed by atoms with Gasteiger partial charge < -0.3 is 5.32 Å². The Morgan fingerprint density at radius 3 is 2.74 bits per heavy atom. The van der Waals surface area contributed by atoms with Gasteiger partial charge in [-0.25, -0.2) is 0 Å². The minimum absolute atomic E-state index is 0.0293. The highest BCUT2D eigenvalue weighted by molar-refractivity contribution is 7.20. The first-order chi connectivity index (χ1) is 9.22. The fourth-order valence-electron chi connectivity index (χ4n) is 2.47. The Morgan fingerprint density at radius 1 is 1.11 bits per heavy atom. The number of thiophene rings is 2. The van der Waals surface area contributed by atoms with Crippen LogP contribution in [0.3, 0.4) is 0 Å². The summed E-state index contributed by atoms with van der Waals surface area (Å²) in [6, 6.07) is 8.33. The van der Waals surface area contributed by atoms with E-state index in [9.17, 15) is 9.59 Å². The van der Waals surface area contributed by atoms with Gasteiger partial charge in [-0.1, -0.05) is 0 Å². The van der Waals surface area contributed by atoms with E-state index in [1.807, 2.05) is 6.07 Å². The van der Waals surface area contributed by atoms with Crippen molar-refractivity contribution in [2.75, 3.05) is 6.54 Å². The Hall–Kier alpha value is -1.72. The Morgan fingerprint density at radius 2 is 1.95 bits per heavy atom. The Balaban J connectivity index is 1.91. The van der Waals surface area contributed by atoms with Gasteiger partial charge in [0.1, 0.15) is 5.92 Å². The molecule has 1 amide bonds. The molecule has 2 aromatic heterocycles. The first kappa shape index (κ1) is 11.1. The van der Waals surface area contributed by atoms with Crippen LogP contribution in [0.4, 0.5) is 0 Å². The summed E-state index contributed by atoms with van der Waals surface area (Å²) < 4.78 is 2.37. The number of amides is 1. The van der Waals surface area contributed by atoms with Crippen molar-refractivity contribution in [2.45, 2.75) is 5.92 Å². The summed E-state index contributed by atoms with van der Waals surface area (Å²) in [7, 11) is 0. The van der Waals surface area contributed by atoms with E-state index in [1.54, 1.807) is 22.7 Å². The van der Waals surface area contributed by atoms with Crippen LogP contribution in [0.15, 0.2) is 29.6 Å². The molecule has 1 atom stereocenters. The SMILES string of the molecule is O=C1CNC(=O)C1c1cc2cc3sccc3cc2s1. The molecule has 5 heteroatoms. The Bertz CT molecular complexity index is 766. The molecule has 0 spiro atoms. The van der Waals surface area contributed by atoms with Crippen molar-refractivity contribution in [3.05, 3.63) is 34.5 Å². The van der Waals surface area contributed by atoms with Crippen molar-refractivity contribution < 1.29 is 9.59 Å². The van der Waals surface area contributed by atoms with E-state index in [4.69, 9.17) is 0 Å². The molecule has 1 aromatic carbocycles. The minimum Gasteiger partial charge on any atom is -0.348 e. The second kappa shape index (κ2) is 3.88. The molecule has 3 aromatic rings. The van der Waals surface area contributed by atoms with Crippen LogP contribution in [0.1, 0.15) is 10.8 Å². The number of Topliss-reactive ketones (excluding diaryl/α,β-unsaturated/α-hetero) is 1. The number of carbonyl (C=O) groups is 2. The van der Waals surface area contributed by atoms with Crippen molar-refractivity contribution in [1.82, 2.24) is 5.32 Å². The standard InChI is InChI=1S/C14H9NO2S2/c16-9-6-15-14(17)13(9)12-5-8-4-10-7(1-2-18-10)3-11(8)19-12/h1-5,13H,6H2,(H,15,17). The van der Waals surface area contributed by atoms with E-state index in [2.05, 4.69) is 28.9 Å². The van der Waals surface area contributed by atoms with E-state index < -0.39 is 5.92 Å². The molecule has 19 heavy (non-hydrogen) atoms. The van der Waals surface area contributed by atoms with Gasteiger partial charge >= 0.3 is 0 Å². The molecule has 1 saturated heterocycles. The third-order valence-corrected chi connectivity index (χ3v) is 5.46. The summed E-state index contributed by atoms with van der Waals surface area (Å²) in [6.45, 7) is 0.160. The smallest absolute Gasteiger partial charge is 0.236 e. The second-order valence-electron chi connectivity index (χ2n) is 4.61. The molecule has 3 nitrogen and oxygen atoms in total. The topological polar surface area (TPSA) is 46.2 Å². The number of hydrogen-bond acceptors (Lipinski definition) is 4. The summed E-state index contributed by atoms with van der Waals surface area (Å²) in [6.07, 6.45) is 0. The maximum atomic E-state index is 11.8. The van der Waals surface area contributed by atoms with E-state index in [0.717, 1.165) is 15.0 Å². The summed E-state index contributed by atoms with van der Waals surface area (Å²) in [5.74, 6) is -0.799. The molecule has 1 unspecified atom stereocenters. The third-order valence-electron chi connectivity index (χ3n) is 3.42. The fraction of sp³-hybridized carbons (Fsp3) is 0.143. The van der Waals surface area contributed by atoms with Gasteiger partial charge in [0.25, 0.3) is 0 Å². The Labute approximate surface area is 116 Å². The second-order valence-corrected chi connectivity index (χ2v) is 6.68. The van der Waals surface area contributed by atoms with Crippen LogP contribution in [0.2, 0.25) is 0 Å². The third kappa shape index (κ3) is 1.62. The van der Waals surface area contributed by atoms with Gasteiger partial charge in [-0.3, -0.25) is 9.59 Å². The largest absolute Gasteiger partial charge is 0.348 e. The summed E-state index contributed by atoms with van der Waals surface area (Å²) in [5.41, 5.74) is 0. The maximum absolute atomic E-state index is 11.8. The molecule has 1 aliphatic rings.